The van der Waals surface area contributed by atoms with Crippen molar-refractivity contribution >= 4 is 0 Å². The van der Waals surface area contributed by atoms with Crippen LogP contribution in [0.5, 0.6) is 0 Å². The quantitative estimate of drug-likeness (QED) is 0.725. The van der Waals surface area contributed by atoms with E-state index in [2.05, 4.69) is 16.9 Å². The molecule has 72 valence electrons. The number of fused-ring (bicyclic) bond motifs is 1. The molecule has 4 nitrogen and oxygen atoms in total. The van der Waals surface area contributed by atoms with Crippen molar-refractivity contribution in [1.82, 2.24) is 9.97 Å². The average Bonchev–Trinajstić information content (AvgIpc) is 2.67. The van der Waals surface area contributed by atoms with Gasteiger partial charge in [-0.3, -0.25) is 0 Å². The highest BCUT2D eigenvalue weighted by Crippen LogP contribution is 2.29. The van der Waals surface area contributed by atoms with Crippen LogP contribution in [0, 0.1) is 0 Å². The third-order valence-corrected chi connectivity index (χ3v) is 2.48. The molecule has 2 rings (SSSR count). The Balaban J connectivity index is 2.28. The van der Waals surface area contributed by atoms with Crippen molar-refractivity contribution < 1.29 is 4.74 Å². The first-order valence-corrected chi connectivity index (χ1v) is 4.68. The van der Waals surface area contributed by atoms with E-state index in [0.29, 0.717) is 6.61 Å². The zero-order valence-corrected chi connectivity index (χ0v) is 8.00. The maximum absolute atomic E-state index is 5.87. The lowest BCUT2D eigenvalue weighted by atomic mass is 10.2. The number of hydrogen-bond acceptors (Lipinski definition) is 3. The topological polar surface area (TPSA) is 63.9 Å². The monoisotopic (exact) mass is 181 g/mol. The van der Waals surface area contributed by atoms with Crippen molar-refractivity contribution in [2.24, 2.45) is 5.73 Å². The van der Waals surface area contributed by atoms with Crippen molar-refractivity contribution in [3.63, 3.8) is 0 Å². The Bertz CT molecular complexity index is 308. The molecule has 0 aromatic carbocycles. The predicted octanol–water partition coefficient (Wildman–Crippen LogP) is 1.41. The first kappa shape index (κ1) is 8.72. The highest BCUT2D eigenvalue weighted by atomic mass is 16.5. The molecule has 0 spiro atoms. The molecule has 2 heterocycles. The number of aromatic nitrogens is 2. The van der Waals surface area contributed by atoms with E-state index in [-0.39, 0.29) is 12.1 Å². The summed E-state index contributed by atoms with van der Waals surface area (Å²) in [5.41, 5.74) is 7.98. The Morgan fingerprint density at radius 3 is 3.15 bits per heavy atom. The van der Waals surface area contributed by atoms with Gasteiger partial charge in [-0.25, -0.2) is 4.98 Å². The van der Waals surface area contributed by atoms with Gasteiger partial charge in [0.2, 0.25) is 0 Å². The number of aromatic amines is 1. The molecule has 0 amide bonds. The molecule has 3 N–H and O–H groups in total. The van der Waals surface area contributed by atoms with Gasteiger partial charge in [0, 0.05) is 0 Å². The highest BCUT2D eigenvalue weighted by Gasteiger charge is 2.24. The fourth-order valence-electron chi connectivity index (χ4n) is 1.55. The van der Waals surface area contributed by atoms with Crippen LogP contribution in [0.15, 0.2) is 0 Å². The Labute approximate surface area is 77.5 Å². The van der Waals surface area contributed by atoms with E-state index >= 15 is 0 Å². The maximum Gasteiger partial charge on any atom is 0.123 e. The molecule has 1 aliphatic heterocycles. The summed E-state index contributed by atoms with van der Waals surface area (Å²) in [6.07, 6.45) is 1.02. The van der Waals surface area contributed by atoms with E-state index in [4.69, 9.17) is 10.5 Å². The fourth-order valence-corrected chi connectivity index (χ4v) is 1.55. The Morgan fingerprint density at radius 2 is 2.54 bits per heavy atom. The van der Waals surface area contributed by atoms with Gasteiger partial charge in [-0.2, -0.15) is 0 Å². The van der Waals surface area contributed by atoms with E-state index in [0.717, 1.165) is 23.6 Å². The van der Waals surface area contributed by atoms with Crippen molar-refractivity contribution in [3.05, 3.63) is 17.2 Å². The first-order valence-electron chi connectivity index (χ1n) is 4.68. The molecule has 4 heteroatoms. The third kappa shape index (κ3) is 1.36. The Kier molecular flexibility index (Phi) is 2.09. The minimum Gasteiger partial charge on any atom is -0.366 e. The van der Waals surface area contributed by atoms with Crippen LogP contribution in [-0.4, -0.2) is 9.97 Å². The van der Waals surface area contributed by atoms with E-state index < -0.39 is 0 Å². The summed E-state index contributed by atoms with van der Waals surface area (Å²) in [5.74, 6) is 0.891. The summed E-state index contributed by atoms with van der Waals surface area (Å²) in [5, 5.41) is 0. The van der Waals surface area contributed by atoms with Gasteiger partial charge in [-0.15, -0.1) is 0 Å². The summed E-state index contributed by atoms with van der Waals surface area (Å²) in [6, 6.07) is 0.0257. The summed E-state index contributed by atoms with van der Waals surface area (Å²) in [6.45, 7) is 4.70. The largest absolute Gasteiger partial charge is 0.366 e. The molecule has 0 radical (unpaired) electrons. The van der Waals surface area contributed by atoms with Gasteiger partial charge in [0.15, 0.2) is 0 Å². The number of nitrogens with one attached hydrogen (secondary N) is 1. The minimum atomic E-state index is 0.0257. The van der Waals surface area contributed by atoms with Gasteiger partial charge in [0.25, 0.3) is 0 Å². The lowest BCUT2D eigenvalue weighted by molar-refractivity contribution is 0.0757. The second-order valence-corrected chi connectivity index (χ2v) is 3.45. The number of H-pyrrole nitrogens is 1. The first-order chi connectivity index (χ1) is 6.22. The molecule has 13 heavy (non-hydrogen) atoms. The summed E-state index contributed by atoms with van der Waals surface area (Å²) >= 11 is 0. The standard InChI is InChI=1S/C9H15N3O/c1-3-6(10)9-11-7-4-13-5(2)8(7)12-9/h5-6H,3-4,10H2,1-2H3,(H,11,12)/t5?,6-/m1/s1. The van der Waals surface area contributed by atoms with Crippen molar-refractivity contribution in [1.29, 1.82) is 0 Å². The molecule has 0 fully saturated rings. The molecular formula is C9H15N3O. The molecule has 1 aromatic heterocycles. The summed E-state index contributed by atoms with van der Waals surface area (Å²) < 4.78 is 5.40. The average molecular weight is 181 g/mol. The summed E-state index contributed by atoms with van der Waals surface area (Å²) in [4.78, 5) is 7.65. The van der Waals surface area contributed by atoms with E-state index in [1.807, 2.05) is 6.92 Å². The van der Waals surface area contributed by atoms with Crippen LogP contribution in [0.1, 0.15) is 49.6 Å². The Morgan fingerprint density at radius 1 is 1.77 bits per heavy atom. The van der Waals surface area contributed by atoms with Crippen LogP contribution in [-0.2, 0) is 11.3 Å². The number of nitrogens with zero attached hydrogens (tertiary/aromatic N) is 1. The Hall–Kier alpha value is -0.870. The molecule has 2 atom stereocenters. The van der Waals surface area contributed by atoms with Crippen LogP contribution in [0.2, 0.25) is 0 Å². The van der Waals surface area contributed by atoms with Gasteiger partial charge < -0.3 is 15.5 Å². The van der Waals surface area contributed by atoms with Gasteiger partial charge in [-0.05, 0) is 13.3 Å². The van der Waals surface area contributed by atoms with Crippen molar-refractivity contribution in [2.75, 3.05) is 0 Å². The molecular weight excluding hydrogens is 166 g/mol. The molecule has 0 saturated carbocycles. The van der Waals surface area contributed by atoms with Crippen LogP contribution in [0.3, 0.4) is 0 Å². The zero-order valence-electron chi connectivity index (χ0n) is 8.00. The van der Waals surface area contributed by atoms with Gasteiger partial charge in [0.1, 0.15) is 5.82 Å². The van der Waals surface area contributed by atoms with Crippen LogP contribution in [0.4, 0.5) is 0 Å². The third-order valence-electron chi connectivity index (χ3n) is 2.48. The second-order valence-electron chi connectivity index (χ2n) is 3.45. The molecule has 0 aliphatic carbocycles. The molecule has 0 saturated heterocycles. The number of imidazole rings is 1. The van der Waals surface area contributed by atoms with Crippen LogP contribution < -0.4 is 5.73 Å². The number of nitrogens with two attached hydrogens (primary N) is 1. The van der Waals surface area contributed by atoms with Gasteiger partial charge >= 0.3 is 0 Å². The number of hydrogen-bond donors (Lipinski definition) is 2. The lowest BCUT2D eigenvalue weighted by Crippen LogP contribution is -2.11. The highest BCUT2D eigenvalue weighted by molar-refractivity contribution is 5.20. The molecule has 0 bridgehead atoms. The SMILES string of the molecule is CC[C@@H](N)c1nc2c([nH]1)COC2C. The molecule has 1 unspecified atom stereocenters. The zero-order chi connectivity index (χ0) is 9.42. The van der Waals surface area contributed by atoms with Crippen molar-refractivity contribution in [3.8, 4) is 0 Å². The van der Waals surface area contributed by atoms with E-state index in [1.54, 1.807) is 0 Å². The minimum absolute atomic E-state index is 0.0257. The molecule has 1 aromatic rings. The van der Waals surface area contributed by atoms with E-state index in [9.17, 15) is 0 Å². The number of rotatable bonds is 2. The van der Waals surface area contributed by atoms with Crippen molar-refractivity contribution in [2.45, 2.75) is 39.0 Å². The van der Waals surface area contributed by atoms with E-state index in [1.165, 1.54) is 0 Å². The molecule has 1 aliphatic rings. The lowest BCUT2D eigenvalue weighted by Gasteiger charge is -2.05. The fraction of sp³-hybridized carbons (Fsp3) is 0.667. The maximum atomic E-state index is 5.87. The summed E-state index contributed by atoms with van der Waals surface area (Å²) in [7, 11) is 0. The second kappa shape index (κ2) is 3.12. The van der Waals surface area contributed by atoms with Gasteiger partial charge in [-0.1, -0.05) is 6.92 Å². The smallest absolute Gasteiger partial charge is 0.123 e. The van der Waals surface area contributed by atoms with Crippen LogP contribution >= 0.6 is 0 Å². The predicted molar refractivity (Wildman–Crippen MR) is 49.0 cm³/mol. The van der Waals surface area contributed by atoms with Gasteiger partial charge in [0.05, 0.1) is 30.1 Å². The van der Waals surface area contributed by atoms with Crippen LogP contribution in [0.25, 0.3) is 0 Å². The number of ether oxygens (including phenoxy) is 1. The normalized spacial score (nSPS) is 23.2.